The van der Waals surface area contributed by atoms with Gasteiger partial charge in [-0.25, -0.2) is 9.07 Å². The molecule has 2 N–H and O–H groups in total. The number of nitrogens with one attached hydrogen (secondary N) is 2. The molecule has 2 amide bonds. The lowest BCUT2D eigenvalue weighted by atomic mass is 10.1. The maximum absolute atomic E-state index is 14.4. The summed E-state index contributed by atoms with van der Waals surface area (Å²) in [7, 11) is 0. The number of likely N-dealkylation sites (N-methyl/N-ethyl adjacent to an activating group) is 1. The Morgan fingerprint density at radius 3 is 2.74 bits per heavy atom. The molecule has 11 nitrogen and oxygen atoms in total. The van der Waals surface area contributed by atoms with E-state index >= 15 is 0 Å². The molecule has 1 atom stereocenters. The number of aromatic nitrogens is 4. The highest BCUT2D eigenvalue weighted by molar-refractivity contribution is 6.05. The van der Waals surface area contributed by atoms with Gasteiger partial charge in [-0.2, -0.15) is 0 Å². The summed E-state index contributed by atoms with van der Waals surface area (Å²) in [5, 5.41) is 13.9. The largest absolute Gasteiger partial charge is 0.378 e. The normalized spacial score (nSPS) is 17.8. The van der Waals surface area contributed by atoms with Gasteiger partial charge in [-0.3, -0.25) is 19.5 Å². The number of morpholine rings is 1. The van der Waals surface area contributed by atoms with Crippen LogP contribution in [-0.4, -0.2) is 88.7 Å². The maximum Gasteiger partial charge on any atom is 0.273 e. The first kappa shape index (κ1) is 26.7. The van der Waals surface area contributed by atoms with Crippen LogP contribution in [0.25, 0.3) is 5.69 Å². The molecule has 2 aromatic heterocycles. The summed E-state index contributed by atoms with van der Waals surface area (Å²) in [6.45, 7) is 8.87. The first-order valence-corrected chi connectivity index (χ1v) is 13.3. The van der Waals surface area contributed by atoms with E-state index in [0.29, 0.717) is 61.6 Å². The average molecular weight is 537 g/mol. The number of anilines is 2. The smallest absolute Gasteiger partial charge is 0.273 e. The van der Waals surface area contributed by atoms with Crippen LogP contribution in [0.3, 0.4) is 0 Å². The Labute approximate surface area is 226 Å². The molecule has 0 aliphatic carbocycles. The molecule has 2 saturated heterocycles. The van der Waals surface area contributed by atoms with Crippen molar-refractivity contribution in [1.82, 2.24) is 30.2 Å². The molecule has 5 rings (SSSR count). The van der Waals surface area contributed by atoms with Gasteiger partial charge in [0.1, 0.15) is 5.82 Å². The van der Waals surface area contributed by atoms with Crippen LogP contribution in [0.15, 0.2) is 36.7 Å². The fourth-order valence-corrected chi connectivity index (χ4v) is 5.06. The minimum atomic E-state index is -0.490. The predicted octanol–water partition coefficient (Wildman–Crippen LogP) is 2.41. The van der Waals surface area contributed by atoms with Crippen LogP contribution in [0.2, 0.25) is 0 Å². The average Bonchev–Trinajstić information content (AvgIpc) is 3.63. The molecule has 4 heterocycles. The van der Waals surface area contributed by atoms with Gasteiger partial charge < -0.3 is 20.3 Å². The number of ether oxygens (including phenoxy) is 1. The molecule has 2 fully saturated rings. The van der Waals surface area contributed by atoms with Gasteiger partial charge in [-0.05, 0) is 57.1 Å². The molecular formula is C27H33FN8O3. The minimum Gasteiger partial charge on any atom is -0.378 e. The number of rotatable bonds is 8. The van der Waals surface area contributed by atoms with Gasteiger partial charge in [0.05, 0.1) is 42.7 Å². The van der Waals surface area contributed by atoms with Gasteiger partial charge in [0.2, 0.25) is 0 Å². The number of hydrogen-bond acceptors (Lipinski definition) is 8. The van der Waals surface area contributed by atoms with Gasteiger partial charge in [0.15, 0.2) is 5.69 Å². The van der Waals surface area contributed by atoms with Gasteiger partial charge in [0.25, 0.3) is 11.8 Å². The van der Waals surface area contributed by atoms with E-state index in [9.17, 15) is 14.0 Å². The van der Waals surface area contributed by atoms with Gasteiger partial charge in [-0.15, -0.1) is 5.10 Å². The standard InChI is InChI=1S/C27H33FN8O3/c1-3-34-6-4-5-22(34)16-30-27(38)24-17-36(33-32-24)25-14-21(15-29-18(25)2)31-26(37)19-11-20(28)13-23(12-19)35-7-9-39-10-8-35/h11-15,17,22H,3-10,16H2,1-2H3,(H,30,38)(H,31,37). The van der Waals surface area contributed by atoms with E-state index in [1.807, 2.05) is 4.90 Å². The van der Waals surface area contributed by atoms with Crippen molar-refractivity contribution in [2.45, 2.75) is 32.7 Å². The van der Waals surface area contributed by atoms with E-state index in [4.69, 9.17) is 4.74 Å². The molecule has 0 radical (unpaired) electrons. The Morgan fingerprint density at radius 2 is 1.95 bits per heavy atom. The van der Waals surface area contributed by atoms with Crippen LogP contribution in [0, 0.1) is 12.7 Å². The number of benzene rings is 1. The van der Waals surface area contributed by atoms with E-state index in [0.717, 1.165) is 25.9 Å². The highest BCUT2D eigenvalue weighted by Crippen LogP contribution is 2.22. The lowest BCUT2D eigenvalue weighted by molar-refractivity contribution is 0.0935. The van der Waals surface area contributed by atoms with Crippen LogP contribution in [0.5, 0.6) is 0 Å². The lowest BCUT2D eigenvalue weighted by Gasteiger charge is -2.29. The number of carbonyl (C=O) groups excluding carboxylic acids is 2. The molecule has 1 unspecified atom stereocenters. The van der Waals surface area contributed by atoms with Crippen LogP contribution >= 0.6 is 0 Å². The Kier molecular flexibility index (Phi) is 8.13. The van der Waals surface area contributed by atoms with E-state index in [2.05, 4.69) is 37.8 Å². The van der Waals surface area contributed by atoms with Crippen molar-refractivity contribution in [2.75, 3.05) is 56.2 Å². The van der Waals surface area contributed by atoms with Crippen molar-refractivity contribution in [2.24, 2.45) is 0 Å². The fraction of sp³-hybridized carbons (Fsp3) is 0.444. The number of pyridine rings is 1. The summed E-state index contributed by atoms with van der Waals surface area (Å²) in [5.74, 6) is -1.25. The summed E-state index contributed by atoms with van der Waals surface area (Å²) in [6.07, 6.45) is 5.26. The number of aryl methyl sites for hydroxylation is 1. The molecule has 39 heavy (non-hydrogen) atoms. The van der Waals surface area contributed by atoms with E-state index in [-0.39, 0.29) is 17.2 Å². The van der Waals surface area contributed by atoms with Gasteiger partial charge >= 0.3 is 0 Å². The predicted molar refractivity (Wildman–Crippen MR) is 144 cm³/mol. The molecule has 206 valence electrons. The molecule has 0 saturated carbocycles. The Morgan fingerprint density at radius 1 is 1.13 bits per heavy atom. The third kappa shape index (κ3) is 6.23. The molecular weight excluding hydrogens is 503 g/mol. The Hall–Kier alpha value is -3.90. The number of nitrogens with zero attached hydrogens (tertiary/aromatic N) is 6. The van der Waals surface area contributed by atoms with Crippen molar-refractivity contribution in [1.29, 1.82) is 0 Å². The van der Waals surface area contributed by atoms with Crippen molar-refractivity contribution in [3.8, 4) is 5.69 Å². The Bertz CT molecular complexity index is 1340. The Balaban J connectivity index is 1.27. The summed E-state index contributed by atoms with van der Waals surface area (Å²) >= 11 is 0. The minimum absolute atomic E-state index is 0.195. The summed E-state index contributed by atoms with van der Waals surface area (Å²) in [6, 6.07) is 6.31. The zero-order valence-corrected chi connectivity index (χ0v) is 22.2. The fourth-order valence-electron chi connectivity index (χ4n) is 5.06. The van der Waals surface area contributed by atoms with E-state index in [1.165, 1.54) is 23.0 Å². The van der Waals surface area contributed by atoms with Crippen molar-refractivity contribution in [3.63, 3.8) is 0 Å². The first-order chi connectivity index (χ1) is 18.9. The highest BCUT2D eigenvalue weighted by Gasteiger charge is 2.24. The second-order valence-electron chi connectivity index (χ2n) is 9.76. The molecule has 12 heteroatoms. The lowest BCUT2D eigenvalue weighted by Crippen LogP contribution is -2.40. The second kappa shape index (κ2) is 11.9. The number of halogens is 1. The van der Waals surface area contributed by atoms with Crippen molar-refractivity contribution in [3.05, 3.63) is 59.4 Å². The highest BCUT2D eigenvalue weighted by atomic mass is 19.1. The van der Waals surface area contributed by atoms with Crippen molar-refractivity contribution >= 4 is 23.2 Å². The molecule has 0 spiro atoms. The molecule has 2 aliphatic heterocycles. The summed E-state index contributed by atoms with van der Waals surface area (Å²) in [4.78, 5) is 34.4. The number of carbonyl (C=O) groups is 2. The van der Waals surface area contributed by atoms with E-state index < -0.39 is 11.7 Å². The number of hydrogen-bond donors (Lipinski definition) is 2. The third-order valence-corrected chi connectivity index (χ3v) is 7.22. The van der Waals surface area contributed by atoms with Crippen LogP contribution in [-0.2, 0) is 4.74 Å². The summed E-state index contributed by atoms with van der Waals surface area (Å²) in [5.41, 5.74) is 2.62. The van der Waals surface area contributed by atoms with Crippen LogP contribution in [0.4, 0.5) is 15.8 Å². The van der Waals surface area contributed by atoms with Gasteiger partial charge in [0, 0.05) is 36.9 Å². The monoisotopic (exact) mass is 536 g/mol. The second-order valence-corrected chi connectivity index (χ2v) is 9.76. The number of amides is 2. The zero-order valence-electron chi connectivity index (χ0n) is 22.2. The summed E-state index contributed by atoms with van der Waals surface area (Å²) < 4.78 is 21.2. The maximum atomic E-state index is 14.4. The SMILES string of the molecule is CCN1CCCC1CNC(=O)c1cn(-c2cc(NC(=O)c3cc(F)cc(N4CCOCC4)c3)cnc2C)nn1. The molecule has 3 aromatic rings. The molecule has 1 aromatic carbocycles. The van der Waals surface area contributed by atoms with Crippen molar-refractivity contribution < 1.29 is 18.7 Å². The topological polar surface area (TPSA) is 118 Å². The zero-order chi connectivity index (χ0) is 27.4. The number of likely N-dealkylation sites (tertiary alicyclic amines) is 1. The van der Waals surface area contributed by atoms with E-state index in [1.54, 1.807) is 25.3 Å². The van der Waals surface area contributed by atoms with Crippen LogP contribution in [0.1, 0.15) is 46.3 Å². The molecule has 2 aliphatic rings. The molecule has 0 bridgehead atoms. The first-order valence-electron chi connectivity index (χ1n) is 13.3. The van der Waals surface area contributed by atoms with Crippen LogP contribution < -0.4 is 15.5 Å². The quantitative estimate of drug-likeness (QED) is 0.451. The van der Waals surface area contributed by atoms with Gasteiger partial charge in [-0.1, -0.05) is 12.1 Å². The third-order valence-electron chi connectivity index (χ3n) is 7.22.